The van der Waals surface area contributed by atoms with E-state index in [9.17, 15) is 0 Å². The zero-order chi connectivity index (χ0) is 15.3. The van der Waals surface area contributed by atoms with Crippen molar-refractivity contribution in [2.75, 3.05) is 19.6 Å². The molecule has 0 aliphatic carbocycles. The normalized spacial score (nSPS) is 31.1. The monoisotopic (exact) mass is 296 g/mol. The summed E-state index contributed by atoms with van der Waals surface area (Å²) in [5.74, 6) is 1.69. The molecule has 0 amide bonds. The van der Waals surface area contributed by atoms with Gasteiger partial charge in [0, 0.05) is 41.6 Å². The molecule has 3 unspecified atom stereocenters. The quantitative estimate of drug-likeness (QED) is 0.766. The molecule has 1 aromatic heterocycles. The fourth-order valence-corrected chi connectivity index (χ4v) is 5.06. The molecule has 2 nitrogen and oxygen atoms in total. The van der Waals surface area contributed by atoms with E-state index in [4.69, 9.17) is 0 Å². The fourth-order valence-electron chi connectivity index (χ4n) is 5.06. The second-order valence-electron chi connectivity index (χ2n) is 8.33. The van der Waals surface area contributed by atoms with Gasteiger partial charge < -0.3 is 9.88 Å². The van der Waals surface area contributed by atoms with E-state index in [-0.39, 0.29) is 5.41 Å². The first kappa shape index (κ1) is 14.3. The number of nitrogens with one attached hydrogen (secondary N) is 1. The Morgan fingerprint density at radius 1 is 1.18 bits per heavy atom. The highest BCUT2D eigenvalue weighted by Gasteiger charge is 2.35. The maximum Gasteiger partial charge on any atom is 0.0459 e. The first-order chi connectivity index (χ1) is 10.5. The number of hydrogen-bond donors (Lipinski definition) is 1. The summed E-state index contributed by atoms with van der Waals surface area (Å²) >= 11 is 0. The van der Waals surface area contributed by atoms with E-state index >= 15 is 0 Å². The molecule has 22 heavy (non-hydrogen) atoms. The van der Waals surface area contributed by atoms with E-state index in [1.54, 1.807) is 5.56 Å². The van der Waals surface area contributed by atoms with Crippen LogP contribution in [0.25, 0.3) is 10.9 Å². The average Bonchev–Trinajstić information content (AvgIpc) is 2.84. The van der Waals surface area contributed by atoms with Crippen molar-refractivity contribution in [3.05, 3.63) is 35.5 Å². The molecule has 118 valence electrons. The highest BCUT2D eigenvalue weighted by atomic mass is 15.1. The standard InChI is InChI=1S/C20H28N2/c1-14-10-15-11-20(2,3)19-17(8-9-22(12-14)13-15)16-6-4-5-7-18(16)21-19/h4-7,14-15,21H,8-13H2,1-3H3. The lowest BCUT2D eigenvalue weighted by Gasteiger charge is -2.38. The second-order valence-corrected chi connectivity index (χ2v) is 8.33. The minimum atomic E-state index is 0.242. The lowest BCUT2D eigenvalue weighted by molar-refractivity contribution is 0.119. The van der Waals surface area contributed by atoms with Crippen molar-refractivity contribution >= 4 is 10.9 Å². The number of aromatic nitrogens is 1. The van der Waals surface area contributed by atoms with Crippen LogP contribution in [-0.4, -0.2) is 29.5 Å². The first-order valence-electron chi connectivity index (χ1n) is 8.85. The van der Waals surface area contributed by atoms with Gasteiger partial charge in [0.1, 0.15) is 0 Å². The Kier molecular flexibility index (Phi) is 3.34. The molecule has 0 saturated carbocycles. The number of aromatic amines is 1. The van der Waals surface area contributed by atoms with Crippen LogP contribution in [0.5, 0.6) is 0 Å². The molecule has 1 aromatic carbocycles. The van der Waals surface area contributed by atoms with Crippen LogP contribution in [0.2, 0.25) is 0 Å². The molecule has 0 spiro atoms. The van der Waals surface area contributed by atoms with Crippen molar-refractivity contribution < 1.29 is 0 Å². The molecule has 2 aromatic rings. The van der Waals surface area contributed by atoms with Crippen LogP contribution in [0.4, 0.5) is 0 Å². The Hall–Kier alpha value is -1.28. The molecule has 2 aliphatic rings. The molecule has 1 saturated heterocycles. The number of fused-ring (bicyclic) bond motifs is 5. The number of piperidine rings is 1. The summed E-state index contributed by atoms with van der Waals surface area (Å²) in [5, 5.41) is 1.44. The molecular weight excluding hydrogens is 268 g/mol. The Morgan fingerprint density at radius 3 is 2.86 bits per heavy atom. The van der Waals surface area contributed by atoms with Crippen molar-refractivity contribution in [2.24, 2.45) is 11.8 Å². The molecule has 2 bridgehead atoms. The SMILES string of the molecule is CC1CC2CN(CCc3c([nH]c4ccccc34)C(C)(C)C2)C1. The Bertz CT molecular complexity index is 682. The molecule has 0 radical (unpaired) electrons. The largest absolute Gasteiger partial charge is 0.358 e. The van der Waals surface area contributed by atoms with E-state index < -0.39 is 0 Å². The van der Waals surface area contributed by atoms with Crippen LogP contribution >= 0.6 is 0 Å². The van der Waals surface area contributed by atoms with Crippen molar-refractivity contribution in [3.8, 4) is 0 Å². The van der Waals surface area contributed by atoms with Gasteiger partial charge in [-0.05, 0) is 42.7 Å². The van der Waals surface area contributed by atoms with Crippen LogP contribution in [0, 0.1) is 11.8 Å². The number of para-hydroxylation sites is 1. The smallest absolute Gasteiger partial charge is 0.0459 e. The molecule has 1 fully saturated rings. The molecular formula is C20H28N2. The predicted molar refractivity (Wildman–Crippen MR) is 93.4 cm³/mol. The van der Waals surface area contributed by atoms with Crippen molar-refractivity contribution in [1.82, 2.24) is 9.88 Å². The van der Waals surface area contributed by atoms with Crippen molar-refractivity contribution in [2.45, 2.75) is 45.4 Å². The third kappa shape index (κ3) is 2.38. The maximum absolute atomic E-state index is 3.77. The van der Waals surface area contributed by atoms with Crippen LogP contribution in [0.1, 0.15) is 44.9 Å². The van der Waals surface area contributed by atoms with Gasteiger partial charge in [-0.15, -0.1) is 0 Å². The van der Waals surface area contributed by atoms with Gasteiger partial charge in [-0.1, -0.05) is 39.0 Å². The van der Waals surface area contributed by atoms with Gasteiger partial charge in [0.05, 0.1) is 0 Å². The van der Waals surface area contributed by atoms with Gasteiger partial charge in [-0.2, -0.15) is 0 Å². The summed E-state index contributed by atoms with van der Waals surface area (Å²) in [5.41, 5.74) is 4.62. The van der Waals surface area contributed by atoms with Crippen LogP contribution in [0.3, 0.4) is 0 Å². The number of rotatable bonds is 0. The van der Waals surface area contributed by atoms with E-state index in [1.807, 2.05) is 0 Å². The Labute approximate surface area is 133 Å². The first-order valence-corrected chi connectivity index (χ1v) is 8.85. The number of nitrogens with zero attached hydrogens (tertiary/aromatic N) is 1. The lowest BCUT2D eigenvalue weighted by atomic mass is 9.75. The van der Waals surface area contributed by atoms with Crippen LogP contribution in [0.15, 0.2) is 24.3 Å². The summed E-state index contributed by atoms with van der Waals surface area (Å²) in [6.07, 6.45) is 3.88. The second kappa shape index (κ2) is 5.13. The average molecular weight is 296 g/mol. The lowest BCUT2D eigenvalue weighted by Crippen LogP contribution is -2.41. The summed E-state index contributed by atoms with van der Waals surface area (Å²) in [6.45, 7) is 11.1. The number of H-pyrrole nitrogens is 1. The number of benzene rings is 1. The fraction of sp³-hybridized carbons (Fsp3) is 0.600. The highest BCUT2D eigenvalue weighted by molar-refractivity contribution is 5.85. The molecule has 1 N–H and O–H groups in total. The van der Waals surface area contributed by atoms with Crippen LogP contribution < -0.4 is 0 Å². The Morgan fingerprint density at radius 2 is 2.00 bits per heavy atom. The summed E-state index contributed by atoms with van der Waals surface area (Å²) in [4.78, 5) is 6.49. The van der Waals surface area contributed by atoms with Gasteiger partial charge in [-0.3, -0.25) is 0 Å². The van der Waals surface area contributed by atoms with Crippen molar-refractivity contribution in [1.29, 1.82) is 0 Å². The van der Waals surface area contributed by atoms with E-state index in [0.29, 0.717) is 0 Å². The topological polar surface area (TPSA) is 19.0 Å². The third-order valence-electron chi connectivity index (χ3n) is 5.79. The summed E-state index contributed by atoms with van der Waals surface area (Å²) < 4.78 is 0. The predicted octanol–water partition coefficient (Wildman–Crippen LogP) is 4.35. The van der Waals surface area contributed by atoms with Gasteiger partial charge in [-0.25, -0.2) is 0 Å². The molecule has 4 rings (SSSR count). The van der Waals surface area contributed by atoms with E-state index in [0.717, 1.165) is 11.8 Å². The maximum atomic E-state index is 3.77. The van der Waals surface area contributed by atoms with Crippen LogP contribution in [-0.2, 0) is 11.8 Å². The van der Waals surface area contributed by atoms with Gasteiger partial charge in [0.15, 0.2) is 0 Å². The molecule has 3 heterocycles. The van der Waals surface area contributed by atoms with Gasteiger partial charge >= 0.3 is 0 Å². The minimum absolute atomic E-state index is 0.242. The summed E-state index contributed by atoms with van der Waals surface area (Å²) in [6, 6.07) is 8.85. The zero-order valence-corrected chi connectivity index (χ0v) is 14.2. The highest BCUT2D eigenvalue weighted by Crippen LogP contribution is 2.40. The molecule has 2 heteroatoms. The van der Waals surface area contributed by atoms with E-state index in [2.05, 4.69) is 54.9 Å². The third-order valence-corrected chi connectivity index (χ3v) is 5.79. The molecule has 2 aliphatic heterocycles. The zero-order valence-electron chi connectivity index (χ0n) is 14.2. The number of hydrogen-bond acceptors (Lipinski definition) is 1. The van der Waals surface area contributed by atoms with Gasteiger partial charge in [0.25, 0.3) is 0 Å². The molecule has 3 atom stereocenters. The van der Waals surface area contributed by atoms with Gasteiger partial charge in [0.2, 0.25) is 0 Å². The van der Waals surface area contributed by atoms with E-state index in [1.165, 1.54) is 55.5 Å². The Balaban J connectivity index is 1.82. The summed E-state index contributed by atoms with van der Waals surface area (Å²) in [7, 11) is 0. The minimum Gasteiger partial charge on any atom is -0.358 e. The van der Waals surface area contributed by atoms with Crippen molar-refractivity contribution in [3.63, 3.8) is 0 Å².